The van der Waals surface area contributed by atoms with Crippen LogP contribution in [0.5, 0.6) is 0 Å². The molecule has 0 saturated carbocycles. The van der Waals surface area contributed by atoms with E-state index in [2.05, 4.69) is 0 Å². The summed E-state index contributed by atoms with van der Waals surface area (Å²) in [4.78, 5) is -0.419. The molecule has 9 heteroatoms. The zero-order valence-electron chi connectivity index (χ0n) is 11.3. The maximum Gasteiger partial charge on any atom is 0.402 e. The monoisotopic (exact) mass is 347 g/mol. The minimum absolute atomic E-state index is 0.0894. The average molecular weight is 348 g/mol. The van der Waals surface area contributed by atoms with Gasteiger partial charge in [0.15, 0.2) is 0 Å². The van der Waals surface area contributed by atoms with Crippen LogP contribution in [0.1, 0.15) is 19.4 Å². The van der Waals surface area contributed by atoms with Gasteiger partial charge in [0.05, 0.1) is 10.8 Å². The Morgan fingerprint density at radius 1 is 1.29 bits per heavy atom. The fraction of sp³-hybridized carbons (Fsp3) is 0.500. The lowest BCUT2D eigenvalue weighted by molar-refractivity contribution is -0.138. The molecular formula is C12H14ClF4NO2S. The number of hydrogen-bond donors (Lipinski definition) is 0. The third kappa shape index (κ3) is 4.55. The minimum Gasteiger partial charge on any atom is -0.207 e. The Balaban J connectivity index is 3.29. The summed E-state index contributed by atoms with van der Waals surface area (Å²) in [6.07, 6.45) is -4.67. The van der Waals surface area contributed by atoms with Gasteiger partial charge >= 0.3 is 6.18 Å². The summed E-state index contributed by atoms with van der Waals surface area (Å²) in [6, 6.07) is 1.84. The quantitative estimate of drug-likeness (QED) is 0.603. The smallest absolute Gasteiger partial charge is 0.207 e. The van der Waals surface area contributed by atoms with Gasteiger partial charge in [-0.25, -0.2) is 12.8 Å². The number of nitrogens with zero attached hydrogens (tertiary/aromatic N) is 1. The Hall–Kier alpha value is -0.860. The topological polar surface area (TPSA) is 37.4 Å². The van der Waals surface area contributed by atoms with Gasteiger partial charge in [0, 0.05) is 11.6 Å². The second kappa shape index (κ2) is 6.50. The zero-order chi connectivity index (χ0) is 16.4. The number of benzene rings is 1. The lowest BCUT2D eigenvalue weighted by Crippen LogP contribution is -2.43. The Morgan fingerprint density at radius 3 is 2.29 bits per heavy atom. The maximum absolute atomic E-state index is 13.3. The summed E-state index contributed by atoms with van der Waals surface area (Å²) in [5.41, 5.74) is -0.0894. The van der Waals surface area contributed by atoms with Crippen LogP contribution in [0.15, 0.2) is 23.1 Å². The second-order valence-electron chi connectivity index (χ2n) is 4.65. The summed E-state index contributed by atoms with van der Waals surface area (Å²) < 4.78 is 75.8. The van der Waals surface area contributed by atoms with Gasteiger partial charge in [-0.05, 0) is 32.0 Å². The number of alkyl halides is 4. The van der Waals surface area contributed by atoms with Gasteiger partial charge in [-0.1, -0.05) is 0 Å². The fourth-order valence-electron chi connectivity index (χ4n) is 1.67. The molecule has 0 saturated heterocycles. The van der Waals surface area contributed by atoms with E-state index in [1.165, 1.54) is 13.8 Å². The number of sulfonamides is 1. The molecule has 0 bridgehead atoms. The van der Waals surface area contributed by atoms with Gasteiger partial charge in [0.25, 0.3) is 0 Å². The van der Waals surface area contributed by atoms with Gasteiger partial charge in [-0.2, -0.15) is 17.5 Å². The first-order valence-electron chi connectivity index (χ1n) is 5.92. The summed E-state index contributed by atoms with van der Waals surface area (Å²) >= 11 is 5.47. The standard InChI is InChI=1S/C12H14ClF4NO2S/c1-8(2)18(7-12(15,16)17)21(19,20)10-3-4-11(14)9(5-10)6-13/h3-5,8H,6-7H2,1-2H3. The van der Waals surface area contributed by atoms with E-state index in [1.807, 2.05) is 0 Å². The van der Waals surface area contributed by atoms with E-state index >= 15 is 0 Å². The van der Waals surface area contributed by atoms with Crippen molar-refractivity contribution in [2.75, 3.05) is 6.54 Å². The molecule has 1 aromatic carbocycles. The predicted molar refractivity (Wildman–Crippen MR) is 71.0 cm³/mol. The van der Waals surface area contributed by atoms with Crippen LogP contribution >= 0.6 is 11.6 Å². The number of hydrogen-bond acceptors (Lipinski definition) is 2. The van der Waals surface area contributed by atoms with Crippen molar-refractivity contribution < 1.29 is 26.0 Å². The SMILES string of the molecule is CC(C)N(CC(F)(F)F)S(=O)(=O)c1ccc(F)c(CCl)c1. The molecular weight excluding hydrogens is 334 g/mol. The molecule has 0 fully saturated rings. The normalized spacial score (nSPS) is 13.2. The largest absolute Gasteiger partial charge is 0.402 e. The Morgan fingerprint density at radius 2 is 1.86 bits per heavy atom. The average Bonchev–Trinajstić information content (AvgIpc) is 2.34. The molecule has 0 radical (unpaired) electrons. The van der Waals surface area contributed by atoms with E-state index in [-0.39, 0.29) is 11.4 Å². The summed E-state index contributed by atoms with van der Waals surface area (Å²) in [7, 11) is -4.39. The molecule has 0 aliphatic rings. The van der Waals surface area contributed by atoms with Crippen LogP contribution in [0.25, 0.3) is 0 Å². The fourth-order valence-corrected chi connectivity index (χ4v) is 3.55. The van der Waals surface area contributed by atoms with Crippen LogP contribution in [0, 0.1) is 5.82 Å². The lowest BCUT2D eigenvalue weighted by Gasteiger charge is -2.27. The molecule has 120 valence electrons. The molecule has 0 heterocycles. The number of rotatable bonds is 5. The highest BCUT2D eigenvalue weighted by Gasteiger charge is 2.38. The van der Waals surface area contributed by atoms with Crippen LogP contribution in [-0.4, -0.2) is 31.5 Å². The molecule has 0 amide bonds. The first-order valence-corrected chi connectivity index (χ1v) is 7.89. The third-order valence-corrected chi connectivity index (χ3v) is 4.98. The molecule has 0 atom stereocenters. The molecule has 0 unspecified atom stereocenters. The Bertz CT molecular complexity index is 602. The Labute approximate surface area is 125 Å². The van der Waals surface area contributed by atoms with Crippen molar-refractivity contribution in [2.24, 2.45) is 0 Å². The highest BCUT2D eigenvalue weighted by molar-refractivity contribution is 7.89. The summed E-state index contributed by atoms with van der Waals surface area (Å²) in [5.74, 6) is -0.994. The summed E-state index contributed by atoms with van der Waals surface area (Å²) in [5, 5.41) is 0. The lowest BCUT2D eigenvalue weighted by atomic mass is 10.2. The maximum atomic E-state index is 13.3. The molecule has 1 aromatic rings. The highest BCUT2D eigenvalue weighted by Crippen LogP contribution is 2.26. The van der Waals surface area contributed by atoms with Crippen molar-refractivity contribution in [2.45, 2.75) is 36.8 Å². The van der Waals surface area contributed by atoms with E-state index < -0.39 is 39.5 Å². The molecule has 0 aliphatic carbocycles. The van der Waals surface area contributed by atoms with Gasteiger partial charge < -0.3 is 0 Å². The first kappa shape index (κ1) is 18.2. The van der Waals surface area contributed by atoms with Crippen LogP contribution in [0.3, 0.4) is 0 Å². The van der Waals surface area contributed by atoms with Gasteiger partial charge in [0.1, 0.15) is 12.4 Å². The van der Waals surface area contributed by atoms with Crippen LogP contribution < -0.4 is 0 Å². The van der Waals surface area contributed by atoms with Crippen molar-refractivity contribution in [3.8, 4) is 0 Å². The minimum atomic E-state index is -4.67. The van der Waals surface area contributed by atoms with Crippen LogP contribution in [-0.2, 0) is 15.9 Å². The van der Waals surface area contributed by atoms with Crippen molar-refractivity contribution in [1.29, 1.82) is 0 Å². The second-order valence-corrected chi connectivity index (χ2v) is 6.80. The zero-order valence-corrected chi connectivity index (χ0v) is 12.9. The van der Waals surface area contributed by atoms with Crippen molar-refractivity contribution in [3.63, 3.8) is 0 Å². The summed E-state index contributed by atoms with van der Waals surface area (Å²) in [6.45, 7) is 1.05. The van der Waals surface area contributed by atoms with Crippen LogP contribution in [0.2, 0.25) is 0 Å². The van der Waals surface area contributed by atoms with E-state index in [1.54, 1.807) is 0 Å². The third-order valence-electron chi connectivity index (χ3n) is 2.68. The molecule has 0 N–H and O–H groups in total. The first-order chi connectivity index (χ1) is 9.49. The van der Waals surface area contributed by atoms with E-state index in [0.717, 1.165) is 18.2 Å². The molecule has 0 aromatic heterocycles. The number of halogens is 5. The predicted octanol–water partition coefficient (Wildman–Crippen LogP) is 3.53. The van der Waals surface area contributed by atoms with Gasteiger partial charge in [-0.3, -0.25) is 0 Å². The van der Waals surface area contributed by atoms with Crippen molar-refractivity contribution in [3.05, 3.63) is 29.6 Å². The Kier molecular flexibility index (Phi) is 5.63. The van der Waals surface area contributed by atoms with Crippen LogP contribution in [0.4, 0.5) is 17.6 Å². The van der Waals surface area contributed by atoms with Crippen molar-refractivity contribution >= 4 is 21.6 Å². The van der Waals surface area contributed by atoms with Gasteiger partial charge in [0.2, 0.25) is 10.0 Å². The highest BCUT2D eigenvalue weighted by atomic mass is 35.5. The van der Waals surface area contributed by atoms with Gasteiger partial charge in [-0.15, -0.1) is 11.6 Å². The molecule has 21 heavy (non-hydrogen) atoms. The van der Waals surface area contributed by atoms with E-state index in [4.69, 9.17) is 11.6 Å². The van der Waals surface area contributed by atoms with E-state index in [0.29, 0.717) is 4.31 Å². The van der Waals surface area contributed by atoms with E-state index in [9.17, 15) is 26.0 Å². The molecule has 0 spiro atoms. The molecule has 3 nitrogen and oxygen atoms in total. The molecule has 1 rings (SSSR count). The molecule has 0 aliphatic heterocycles. The van der Waals surface area contributed by atoms with Crippen molar-refractivity contribution in [1.82, 2.24) is 4.31 Å².